The molecule has 2 aromatic heterocycles. The number of H-pyrrole nitrogens is 1. The molecule has 0 aliphatic heterocycles. The van der Waals surface area contributed by atoms with Crippen molar-refractivity contribution in [2.75, 3.05) is 11.9 Å². The average Bonchev–Trinajstić information content (AvgIpc) is 2.92. The van der Waals surface area contributed by atoms with E-state index in [0.717, 1.165) is 5.56 Å². The molecule has 0 unspecified atom stereocenters. The number of fused-ring (bicyclic) bond motifs is 1. The Bertz CT molecular complexity index is 1680. The molecule has 42 heavy (non-hydrogen) atoms. The van der Waals surface area contributed by atoms with Gasteiger partial charge in [0.2, 0.25) is 0 Å². The third kappa shape index (κ3) is 7.78. The number of hydrogen-bond donors (Lipinski definition) is 4. The van der Waals surface area contributed by atoms with Crippen LogP contribution in [-0.2, 0) is 4.74 Å². The van der Waals surface area contributed by atoms with Gasteiger partial charge in [0, 0.05) is 29.4 Å². The van der Waals surface area contributed by atoms with Crippen LogP contribution in [0.25, 0.3) is 11.0 Å². The lowest BCUT2D eigenvalue weighted by Crippen LogP contribution is -2.35. The molecular formula is C31H34N6O5. The van der Waals surface area contributed by atoms with Gasteiger partial charge >= 0.3 is 6.09 Å². The summed E-state index contributed by atoms with van der Waals surface area (Å²) in [6, 6.07) is 15.4. The van der Waals surface area contributed by atoms with E-state index in [-0.39, 0.29) is 18.0 Å². The summed E-state index contributed by atoms with van der Waals surface area (Å²) in [6.45, 7) is 9.12. The molecule has 0 radical (unpaired) electrons. The molecule has 0 aliphatic rings. The number of ether oxygens (including phenoxy) is 1. The Labute approximate surface area is 243 Å². The molecule has 0 saturated heterocycles. The van der Waals surface area contributed by atoms with E-state index in [0.29, 0.717) is 40.1 Å². The van der Waals surface area contributed by atoms with Gasteiger partial charge in [0.25, 0.3) is 17.4 Å². The molecule has 0 aliphatic carbocycles. The van der Waals surface area contributed by atoms with Gasteiger partial charge in [0.05, 0.1) is 6.04 Å². The molecule has 0 spiro atoms. The van der Waals surface area contributed by atoms with Crippen LogP contribution in [0.1, 0.15) is 70.9 Å². The zero-order valence-electron chi connectivity index (χ0n) is 24.2. The number of carbonyl (C=O) groups is 3. The fourth-order valence-electron chi connectivity index (χ4n) is 4.22. The maximum atomic E-state index is 13.4. The highest BCUT2D eigenvalue weighted by Gasteiger charge is 2.20. The number of aromatic nitrogens is 3. The van der Waals surface area contributed by atoms with Gasteiger partial charge < -0.3 is 25.7 Å². The highest BCUT2D eigenvalue weighted by Crippen LogP contribution is 2.21. The first-order chi connectivity index (χ1) is 19.9. The number of aromatic amines is 1. The molecule has 2 aromatic carbocycles. The summed E-state index contributed by atoms with van der Waals surface area (Å²) >= 11 is 0. The Morgan fingerprint density at radius 2 is 1.74 bits per heavy atom. The van der Waals surface area contributed by atoms with Crippen LogP contribution in [0.3, 0.4) is 0 Å². The first-order valence-corrected chi connectivity index (χ1v) is 13.5. The fourth-order valence-corrected chi connectivity index (χ4v) is 4.22. The van der Waals surface area contributed by atoms with E-state index in [1.54, 1.807) is 52.8 Å². The second-order valence-electron chi connectivity index (χ2n) is 10.9. The minimum Gasteiger partial charge on any atom is -0.444 e. The van der Waals surface area contributed by atoms with Gasteiger partial charge in [-0.25, -0.2) is 14.8 Å². The second-order valence-corrected chi connectivity index (χ2v) is 10.9. The predicted molar refractivity (Wildman–Crippen MR) is 160 cm³/mol. The number of aryl methyl sites for hydroxylation is 2. The van der Waals surface area contributed by atoms with Crippen molar-refractivity contribution >= 4 is 34.6 Å². The molecule has 218 valence electrons. The smallest absolute Gasteiger partial charge is 0.407 e. The Balaban J connectivity index is 1.49. The van der Waals surface area contributed by atoms with Crippen LogP contribution in [0.4, 0.5) is 10.5 Å². The molecule has 11 heteroatoms. The van der Waals surface area contributed by atoms with Crippen LogP contribution in [0.15, 0.2) is 65.6 Å². The summed E-state index contributed by atoms with van der Waals surface area (Å²) in [7, 11) is 0. The molecule has 0 fully saturated rings. The third-order valence-corrected chi connectivity index (χ3v) is 6.31. The number of rotatable bonds is 8. The number of hydrogen-bond acceptors (Lipinski definition) is 7. The van der Waals surface area contributed by atoms with E-state index in [9.17, 15) is 19.2 Å². The van der Waals surface area contributed by atoms with E-state index in [4.69, 9.17) is 4.74 Å². The van der Waals surface area contributed by atoms with E-state index in [1.807, 2.05) is 30.3 Å². The third-order valence-electron chi connectivity index (χ3n) is 6.31. The number of carbonyl (C=O) groups excluding carboxylic acids is 3. The van der Waals surface area contributed by atoms with E-state index in [1.165, 1.54) is 12.3 Å². The van der Waals surface area contributed by atoms with Gasteiger partial charge in [-0.2, -0.15) is 0 Å². The van der Waals surface area contributed by atoms with Crippen LogP contribution in [-0.4, -0.2) is 45.0 Å². The zero-order valence-corrected chi connectivity index (χ0v) is 24.2. The molecule has 4 aromatic rings. The van der Waals surface area contributed by atoms with Crippen molar-refractivity contribution in [3.8, 4) is 0 Å². The lowest BCUT2D eigenvalue weighted by Gasteiger charge is -2.22. The van der Waals surface area contributed by atoms with Gasteiger partial charge in [-0.1, -0.05) is 36.4 Å². The van der Waals surface area contributed by atoms with Gasteiger partial charge in [0.1, 0.15) is 22.6 Å². The molecule has 3 amide bonds. The van der Waals surface area contributed by atoms with Crippen molar-refractivity contribution in [1.29, 1.82) is 0 Å². The Kier molecular flexibility index (Phi) is 8.99. The van der Waals surface area contributed by atoms with Gasteiger partial charge in [-0.3, -0.25) is 14.4 Å². The highest BCUT2D eigenvalue weighted by atomic mass is 16.6. The zero-order chi connectivity index (χ0) is 30.4. The first kappa shape index (κ1) is 29.9. The molecule has 11 nitrogen and oxygen atoms in total. The van der Waals surface area contributed by atoms with Crippen LogP contribution < -0.4 is 21.5 Å². The molecule has 0 saturated carbocycles. The molecule has 4 rings (SSSR count). The number of amides is 3. The number of alkyl carbamates (subject to hydrolysis) is 1. The summed E-state index contributed by atoms with van der Waals surface area (Å²) in [5.74, 6) is -0.502. The summed E-state index contributed by atoms with van der Waals surface area (Å²) in [5.41, 5.74) is 1.30. The van der Waals surface area contributed by atoms with Crippen molar-refractivity contribution in [2.24, 2.45) is 0 Å². The molecular weight excluding hydrogens is 536 g/mol. The number of nitrogens with zero attached hydrogens (tertiary/aromatic N) is 2. The van der Waals surface area contributed by atoms with Gasteiger partial charge in [-0.05, 0) is 70.4 Å². The normalized spacial score (nSPS) is 11.9. The van der Waals surface area contributed by atoms with Gasteiger partial charge in [-0.15, -0.1) is 0 Å². The standard InChI is InChI=1S/C31H34N6O5/c1-18-11-12-21(16-25(18)36-28(39)23-15-22-17-33-19(2)34-26(22)37-29(23)40)27(38)35-24(20-9-7-6-8-10-20)13-14-32-30(41)42-31(3,4)5/h6-12,15-17,24H,13-14H2,1-5H3,(H,32,41)(H,35,38)(H,36,39)(H,33,34,37,40)/t24-/m1/s1. The highest BCUT2D eigenvalue weighted by molar-refractivity contribution is 6.06. The maximum absolute atomic E-state index is 13.4. The number of anilines is 1. The summed E-state index contributed by atoms with van der Waals surface area (Å²) in [5, 5.41) is 9.02. The number of pyridine rings is 1. The molecule has 1 atom stereocenters. The van der Waals surface area contributed by atoms with Gasteiger partial charge in [0.15, 0.2) is 0 Å². The molecule has 2 heterocycles. The lowest BCUT2D eigenvalue weighted by molar-refractivity contribution is 0.0526. The Morgan fingerprint density at radius 1 is 1.00 bits per heavy atom. The largest absolute Gasteiger partial charge is 0.444 e. The second kappa shape index (κ2) is 12.6. The van der Waals surface area contributed by atoms with E-state index < -0.39 is 29.2 Å². The average molecular weight is 571 g/mol. The molecule has 4 N–H and O–H groups in total. The lowest BCUT2D eigenvalue weighted by atomic mass is 10.0. The van der Waals surface area contributed by atoms with Crippen LogP contribution in [0.2, 0.25) is 0 Å². The first-order valence-electron chi connectivity index (χ1n) is 13.5. The van der Waals surface area contributed by atoms with Crippen molar-refractivity contribution in [3.63, 3.8) is 0 Å². The summed E-state index contributed by atoms with van der Waals surface area (Å²) < 4.78 is 5.30. The maximum Gasteiger partial charge on any atom is 0.407 e. The van der Waals surface area contributed by atoms with Crippen LogP contribution in [0, 0.1) is 13.8 Å². The van der Waals surface area contributed by atoms with Crippen molar-refractivity contribution in [2.45, 2.75) is 52.7 Å². The van der Waals surface area contributed by atoms with Crippen molar-refractivity contribution in [1.82, 2.24) is 25.6 Å². The van der Waals surface area contributed by atoms with Crippen LogP contribution in [0.5, 0.6) is 0 Å². The van der Waals surface area contributed by atoms with Crippen LogP contribution >= 0.6 is 0 Å². The predicted octanol–water partition coefficient (Wildman–Crippen LogP) is 4.57. The monoisotopic (exact) mass is 570 g/mol. The van der Waals surface area contributed by atoms with Crippen molar-refractivity contribution in [3.05, 3.63) is 99.2 Å². The Morgan fingerprint density at radius 3 is 2.45 bits per heavy atom. The number of benzene rings is 2. The SMILES string of the molecule is Cc1ncc2cc(C(=O)Nc3cc(C(=O)N[C@H](CCNC(=O)OC(C)(C)C)c4ccccc4)ccc3C)c(=O)[nH]c2n1. The summed E-state index contributed by atoms with van der Waals surface area (Å²) in [4.78, 5) is 62.1. The number of nitrogens with one attached hydrogen (secondary N) is 4. The van der Waals surface area contributed by atoms with E-state index >= 15 is 0 Å². The topological polar surface area (TPSA) is 155 Å². The quantitative estimate of drug-likeness (QED) is 0.242. The Hall–Kier alpha value is -5.06. The van der Waals surface area contributed by atoms with Crippen molar-refractivity contribution < 1.29 is 19.1 Å². The minimum absolute atomic E-state index is 0.106. The van der Waals surface area contributed by atoms with E-state index in [2.05, 4.69) is 30.9 Å². The minimum atomic E-state index is -0.630. The summed E-state index contributed by atoms with van der Waals surface area (Å²) in [6.07, 6.45) is 1.41. The molecule has 0 bridgehead atoms. The fraction of sp³-hybridized carbons (Fsp3) is 0.290.